The average Bonchev–Trinajstić information content (AvgIpc) is 0.790. The molecule has 0 aliphatic carbocycles. The van der Waals surface area contributed by atoms with E-state index in [1.54, 1.807) is 6.08 Å². The van der Waals surface area contributed by atoms with Crippen LogP contribution in [0.4, 0.5) is 0 Å². The molecule has 0 radical (unpaired) electrons. The second kappa shape index (κ2) is 70.7. The van der Waals surface area contributed by atoms with Gasteiger partial charge in [-0.25, -0.2) is 0 Å². The summed E-state index contributed by atoms with van der Waals surface area (Å²) in [4.78, 5) is 13.4. The second-order valence-corrected chi connectivity index (χ2v) is 31.4. The average molecular weight is 1420 g/mol. The third kappa shape index (κ3) is 52.7. The first-order chi connectivity index (χ1) is 49.1. The molecule has 14 heteroatoms. The third-order valence-electron chi connectivity index (χ3n) is 22.0. The third-order valence-corrected chi connectivity index (χ3v) is 22.0. The Morgan fingerprint density at radius 3 is 0.920 bits per heavy atom. The van der Waals surface area contributed by atoms with Crippen LogP contribution in [-0.4, -0.2) is 140 Å². The van der Waals surface area contributed by atoms with Crippen LogP contribution in [0.3, 0.4) is 0 Å². The monoisotopic (exact) mass is 1420 g/mol. The highest BCUT2D eigenvalue weighted by molar-refractivity contribution is 5.76. The molecule has 0 spiro atoms. The minimum absolute atomic E-state index is 0.227. The molecule has 2 saturated heterocycles. The van der Waals surface area contributed by atoms with Gasteiger partial charge in [-0.05, 0) is 19.3 Å². The number of aliphatic hydroxyl groups excluding tert-OH is 8. The van der Waals surface area contributed by atoms with E-state index in [2.05, 4.69) is 19.2 Å². The van der Waals surface area contributed by atoms with Gasteiger partial charge in [-0.1, -0.05) is 424 Å². The van der Waals surface area contributed by atoms with Gasteiger partial charge in [-0.15, -0.1) is 0 Å². The lowest BCUT2D eigenvalue weighted by Gasteiger charge is -2.46. The van der Waals surface area contributed by atoms with Gasteiger partial charge in [0.1, 0.15) is 48.8 Å². The molecule has 0 aromatic carbocycles. The zero-order valence-corrected chi connectivity index (χ0v) is 65.5. The Morgan fingerprint density at radius 2 is 0.620 bits per heavy atom. The van der Waals surface area contributed by atoms with Gasteiger partial charge >= 0.3 is 0 Å². The van der Waals surface area contributed by atoms with Crippen molar-refractivity contribution in [3.8, 4) is 0 Å². The van der Waals surface area contributed by atoms with Crippen molar-refractivity contribution in [3.63, 3.8) is 0 Å². The van der Waals surface area contributed by atoms with Gasteiger partial charge in [0.15, 0.2) is 12.6 Å². The van der Waals surface area contributed by atoms with Crippen LogP contribution in [0.1, 0.15) is 438 Å². The predicted molar refractivity (Wildman–Crippen MR) is 416 cm³/mol. The molecule has 2 heterocycles. The van der Waals surface area contributed by atoms with Crippen molar-refractivity contribution < 1.29 is 64.6 Å². The fourth-order valence-corrected chi connectivity index (χ4v) is 15.1. The molecule has 12 unspecified atom stereocenters. The Labute approximate surface area is 616 Å². The van der Waals surface area contributed by atoms with Crippen molar-refractivity contribution in [2.75, 3.05) is 19.8 Å². The first-order valence-electron chi connectivity index (χ1n) is 43.9. The highest BCUT2D eigenvalue weighted by Gasteiger charge is 2.51. The molecule has 14 nitrogen and oxygen atoms in total. The molecular formula is C86H167NO13. The van der Waals surface area contributed by atoms with Gasteiger partial charge in [0.25, 0.3) is 0 Å². The second-order valence-electron chi connectivity index (χ2n) is 31.4. The molecule has 2 fully saturated rings. The van der Waals surface area contributed by atoms with Crippen LogP contribution < -0.4 is 5.32 Å². The van der Waals surface area contributed by atoms with Gasteiger partial charge in [-0.2, -0.15) is 0 Å². The number of rotatable bonds is 76. The fourth-order valence-electron chi connectivity index (χ4n) is 15.1. The largest absolute Gasteiger partial charge is 0.394 e. The molecular weight excluding hydrogens is 1250 g/mol. The number of carbonyl (C=O) groups is 1. The first-order valence-corrected chi connectivity index (χ1v) is 43.9. The zero-order valence-electron chi connectivity index (χ0n) is 65.5. The first kappa shape index (κ1) is 94.8. The molecule has 0 bridgehead atoms. The Morgan fingerprint density at radius 1 is 0.350 bits per heavy atom. The molecule has 2 aliphatic rings. The van der Waals surface area contributed by atoms with Crippen molar-refractivity contribution >= 4 is 5.91 Å². The van der Waals surface area contributed by atoms with Gasteiger partial charge in [0.05, 0.1) is 32.0 Å². The summed E-state index contributed by atoms with van der Waals surface area (Å²) < 4.78 is 23.0. The Bertz CT molecular complexity index is 1730. The van der Waals surface area contributed by atoms with Crippen LogP contribution in [0.15, 0.2) is 12.2 Å². The number of unbranched alkanes of at least 4 members (excludes halogenated alkanes) is 63. The number of carbonyl (C=O) groups excluding carboxylic acids is 1. The molecule has 0 saturated carbocycles. The Hall–Kier alpha value is -1.27. The van der Waals surface area contributed by atoms with E-state index in [1.165, 1.54) is 372 Å². The SMILES string of the molecule is CCCCCCCCCCCCCCCCCCCCCCCCCCCCCCCCC/C=C/C(O)C(COC1OC(CO)C(OC2OC(CO)C(O)C(O)C2O)C(O)C1O)NC(=O)CCCCCCCCCCCCCCCCCCCCCCCCCCCCCCCCCCC. The van der Waals surface area contributed by atoms with Crippen molar-refractivity contribution in [1.29, 1.82) is 0 Å². The van der Waals surface area contributed by atoms with Crippen LogP contribution in [0.2, 0.25) is 0 Å². The molecule has 2 aliphatic heterocycles. The summed E-state index contributed by atoms with van der Waals surface area (Å²) in [6.45, 7) is 2.89. The number of hydrogen-bond donors (Lipinski definition) is 9. The number of nitrogens with one attached hydrogen (secondary N) is 1. The summed E-state index contributed by atoms with van der Waals surface area (Å²) in [5.74, 6) is -0.227. The van der Waals surface area contributed by atoms with Gasteiger partial charge < -0.3 is 65.1 Å². The minimum Gasteiger partial charge on any atom is -0.394 e. The number of allylic oxidation sites excluding steroid dienone is 1. The lowest BCUT2D eigenvalue weighted by molar-refractivity contribution is -0.359. The summed E-state index contributed by atoms with van der Waals surface area (Å²) in [7, 11) is 0. The van der Waals surface area contributed by atoms with E-state index in [1.807, 2.05) is 6.08 Å². The molecule has 0 aromatic rings. The Balaban J connectivity index is 1.57. The van der Waals surface area contributed by atoms with E-state index < -0.39 is 86.8 Å². The number of aliphatic hydroxyl groups is 8. The smallest absolute Gasteiger partial charge is 0.220 e. The fraction of sp³-hybridized carbons (Fsp3) is 0.965. The zero-order chi connectivity index (χ0) is 72.2. The standard InChI is InChI=1S/C86H167NO13/c1-3-5-7-9-11-13-15-17-19-21-23-25-27-29-31-33-35-37-39-41-43-45-47-49-51-53-55-57-59-61-63-65-67-69-75(90)74(73-97-85-83(96)81(94)84(77(72-89)99-85)100-86-82(95)80(93)79(92)76(71-88)98-86)87-78(91)70-68-66-64-62-60-58-56-54-52-50-48-46-44-42-40-38-36-34-32-30-28-26-24-22-20-18-16-14-12-10-8-6-4-2/h67,69,74-77,79-86,88-90,92-96H,3-66,68,70-73H2,1-2H3,(H,87,91)/b69-67+. The van der Waals surface area contributed by atoms with E-state index in [0.29, 0.717) is 0 Å². The van der Waals surface area contributed by atoms with Crippen molar-refractivity contribution in [1.82, 2.24) is 5.32 Å². The molecule has 12 atom stereocenters. The molecule has 594 valence electrons. The minimum atomic E-state index is -1.79. The maximum atomic E-state index is 13.4. The summed E-state index contributed by atoms with van der Waals surface area (Å²) in [6, 6.07) is -0.913. The van der Waals surface area contributed by atoms with E-state index in [-0.39, 0.29) is 18.9 Å². The lowest BCUT2D eigenvalue weighted by atomic mass is 9.97. The van der Waals surface area contributed by atoms with Gasteiger partial charge in [-0.3, -0.25) is 4.79 Å². The molecule has 100 heavy (non-hydrogen) atoms. The van der Waals surface area contributed by atoms with Crippen LogP contribution in [0, 0.1) is 0 Å². The van der Waals surface area contributed by atoms with Crippen LogP contribution in [0.5, 0.6) is 0 Å². The topological polar surface area (TPSA) is 228 Å². The summed E-state index contributed by atoms with van der Waals surface area (Å²) in [5.41, 5.74) is 0. The normalized spacial score (nSPS) is 21.8. The Kier molecular flexibility index (Phi) is 67.0. The maximum absolute atomic E-state index is 13.4. The molecule has 9 N–H and O–H groups in total. The van der Waals surface area contributed by atoms with E-state index in [0.717, 1.165) is 44.9 Å². The van der Waals surface area contributed by atoms with Crippen molar-refractivity contribution in [2.45, 2.75) is 511 Å². The summed E-state index contributed by atoms with van der Waals surface area (Å²) in [5, 5.41) is 87.8. The lowest BCUT2D eigenvalue weighted by Crippen LogP contribution is -2.65. The quantitative estimate of drug-likeness (QED) is 0.0204. The highest BCUT2D eigenvalue weighted by Crippen LogP contribution is 2.31. The van der Waals surface area contributed by atoms with Gasteiger partial charge in [0.2, 0.25) is 5.91 Å². The molecule has 1 amide bonds. The van der Waals surface area contributed by atoms with E-state index in [9.17, 15) is 45.6 Å². The van der Waals surface area contributed by atoms with Crippen molar-refractivity contribution in [3.05, 3.63) is 12.2 Å². The molecule has 2 rings (SSSR count). The maximum Gasteiger partial charge on any atom is 0.220 e. The number of amides is 1. The van der Waals surface area contributed by atoms with E-state index >= 15 is 0 Å². The van der Waals surface area contributed by atoms with Crippen LogP contribution in [-0.2, 0) is 23.7 Å². The van der Waals surface area contributed by atoms with Crippen LogP contribution in [0.25, 0.3) is 0 Å². The van der Waals surface area contributed by atoms with Gasteiger partial charge in [0, 0.05) is 6.42 Å². The highest BCUT2D eigenvalue weighted by atomic mass is 16.7. The number of ether oxygens (including phenoxy) is 4. The van der Waals surface area contributed by atoms with Crippen molar-refractivity contribution in [2.24, 2.45) is 0 Å². The predicted octanol–water partition coefficient (Wildman–Crippen LogP) is 20.8. The van der Waals surface area contributed by atoms with Crippen LogP contribution >= 0.6 is 0 Å². The summed E-state index contributed by atoms with van der Waals surface area (Å²) in [6.07, 6.45) is 74.7. The number of hydrogen-bond acceptors (Lipinski definition) is 13. The van der Waals surface area contributed by atoms with E-state index in [4.69, 9.17) is 18.9 Å². The summed E-state index contributed by atoms with van der Waals surface area (Å²) >= 11 is 0. The molecule has 0 aromatic heterocycles.